The van der Waals surface area contributed by atoms with Gasteiger partial charge in [0.05, 0.1) is 11.3 Å². The quantitative estimate of drug-likeness (QED) is 0.744. The van der Waals surface area contributed by atoms with Gasteiger partial charge >= 0.3 is 11.9 Å². The topological polar surface area (TPSA) is 52.6 Å². The van der Waals surface area contributed by atoms with Crippen LogP contribution in [-0.4, -0.2) is 23.6 Å². The summed E-state index contributed by atoms with van der Waals surface area (Å²) in [5.41, 5.74) is -0.867. The number of rotatable bonds is 4. The third-order valence-corrected chi connectivity index (χ3v) is 7.27. The Morgan fingerprint density at radius 3 is 2.65 bits per heavy atom. The zero-order valence-electron chi connectivity index (χ0n) is 14.5. The molecule has 0 aromatic heterocycles. The molecule has 4 nitrogen and oxygen atoms in total. The van der Waals surface area contributed by atoms with Gasteiger partial charge in [0.25, 0.3) is 0 Å². The number of carbonyl (C=O) groups excluding carboxylic acids is 2. The van der Waals surface area contributed by atoms with Crippen LogP contribution in [0.1, 0.15) is 65.7 Å². The van der Waals surface area contributed by atoms with Gasteiger partial charge in [0.2, 0.25) is 0 Å². The summed E-state index contributed by atoms with van der Waals surface area (Å²) < 4.78 is 11.8. The van der Waals surface area contributed by atoms with Crippen molar-refractivity contribution in [2.24, 2.45) is 29.1 Å². The lowest BCUT2D eigenvalue weighted by Crippen LogP contribution is -2.49. The van der Waals surface area contributed by atoms with Gasteiger partial charge in [-0.2, -0.15) is 0 Å². The Hall–Kier alpha value is -1.06. The average Bonchev–Trinajstić information content (AvgIpc) is 3.22. The lowest BCUT2D eigenvalue weighted by molar-refractivity contribution is -0.182. The van der Waals surface area contributed by atoms with E-state index in [1.165, 1.54) is 0 Å². The molecule has 4 rings (SSSR count). The van der Waals surface area contributed by atoms with E-state index in [0.29, 0.717) is 11.8 Å². The molecule has 0 spiro atoms. The van der Waals surface area contributed by atoms with Crippen LogP contribution in [0.5, 0.6) is 0 Å². The summed E-state index contributed by atoms with van der Waals surface area (Å²) in [4.78, 5) is 25.1. The normalized spacial score (nSPS) is 40.5. The van der Waals surface area contributed by atoms with Gasteiger partial charge in [-0.3, -0.25) is 9.59 Å². The van der Waals surface area contributed by atoms with Gasteiger partial charge in [0, 0.05) is 11.8 Å². The van der Waals surface area contributed by atoms with Gasteiger partial charge in [-0.1, -0.05) is 6.92 Å². The molecular weight excluding hydrogens is 292 g/mol. The van der Waals surface area contributed by atoms with Crippen LogP contribution < -0.4 is 0 Å². The number of ether oxygens (including phenoxy) is 2. The van der Waals surface area contributed by atoms with Crippen molar-refractivity contribution in [2.75, 3.05) is 0 Å². The van der Waals surface area contributed by atoms with E-state index in [4.69, 9.17) is 9.47 Å². The van der Waals surface area contributed by atoms with Crippen LogP contribution in [0.4, 0.5) is 0 Å². The van der Waals surface area contributed by atoms with E-state index in [2.05, 4.69) is 0 Å². The Kier molecular flexibility index (Phi) is 3.34. The van der Waals surface area contributed by atoms with Gasteiger partial charge < -0.3 is 9.47 Å². The van der Waals surface area contributed by atoms with Crippen molar-refractivity contribution in [1.29, 1.82) is 0 Å². The predicted molar refractivity (Wildman–Crippen MR) is 84.4 cm³/mol. The maximum Gasteiger partial charge on any atom is 0.312 e. The van der Waals surface area contributed by atoms with Crippen LogP contribution in [-0.2, 0) is 19.1 Å². The molecule has 4 heteroatoms. The molecule has 1 heterocycles. The van der Waals surface area contributed by atoms with Crippen LogP contribution in [0, 0.1) is 29.1 Å². The molecule has 0 aromatic carbocycles. The first-order chi connectivity index (χ1) is 10.9. The summed E-state index contributed by atoms with van der Waals surface area (Å²) in [6, 6.07) is 0. The minimum Gasteiger partial charge on any atom is -0.462 e. The molecule has 5 atom stereocenters. The predicted octanol–water partition coefficient (Wildman–Crippen LogP) is 3.48. The van der Waals surface area contributed by atoms with Crippen molar-refractivity contribution >= 4 is 11.9 Å². The molecule has 128 valence electrons. The Bertz CT molecular complexity index is 529. The number of fused-ring (bicyclic) bond motifs is 1. The van der Waals surface area contributed by atoms with E-state index in [1.807, 2.05) is 20.8 Å². The van der Waals surface area contributed by atoms with Gasteiger partial charge in [-0.15, -0.1) is 0 Å². The lowest BCUT2D eigenvalue weighted by atomic mass is 9.69. The van der Waals surface area contributed by atoms with Crippen molar-refractivity contribution in [3.05, 3.63) is 0 Å². The first-order valence-corrected chi connectivity index (χ1v) is 9.32. The van der Waals surface area contributed by atoms with Gasteiger partial charge in [0.1, 0.15) is 11.7 Å². The second-order valence-corrected chi connectivity index (χ2v) is 8.82. The Labute approximate surface area is 138 Å². The smallest absolute Gasteiger partial charge is 0.312 e. The molecule has 0 amide bonds. The third-order valence-electron chi connectivity index (χ3n) is 7.27. The lowest BCUT2D eigenvalue weighted by Gasteiger charge is -2.42. The standard InChI is InChI=1S/C19H28O4/c1-4-18(2,3)17(21)23-19(7-5-6-8-19)15-11-9-12-13(10-11)22-16(20)14(12)15/h11-15H,4-10H2,1-3H3. The van der Waals surface area contributed by atoms with Crippen LogP contribution in [0.2, 0.25) is 0 Å². The van der Waals surface area contributed by atoms with Gasteiger partial charge in [-0.25, -0.2) is 0 Å². The summed E-state index contributed by atoms with van der Waals surface area (Å²) in [5, 5.41) is 0. The number of hydrogen-bond acceptors (Lipinski definition) is 4. The van der Waals surface area contributed by atoms with E-state index >= 15 is 0 Å². The van der Waals surface area contributed by atoms with Crippen molar-refractivity contribution in [3.63, 3.8) is 0 Å². The molecule has 5 unspecified atom stereocenters. The van der Waals surface area contributed by atoms with Crippen LogP contribution in [0.15, 0.2) is 0 Å². The molecule has 1 saturated heterocycles. The Balaban J connectivity index is 1.64. The molecule has 2 bridgehead atoms. The summed E-state index contributed by atoms with van der Waals surface area (Å²) in [6.07, 6.45) is 7.01. The molecule has 3 aliphatic carbocycles. The molecule has 0 radical (unpaired) electrons. The molecule has 23 heavy (non-hydrogen) atoms. The maximum atomic E-state index is 12.8. The zero-order chi connectivity index (χ0) is 16.4. The van der Waals surface area contributed by atoms with Crippen molar-refractivity contribution in [1.82, 2.24) is 0 Å². The molecule has 3 saturated carbocycles. The number of hydrogen-bond donors (Lipinski definition) is 0. The summed E-state index contributed by atoms with van der Waals surface area (Å²) in [6.45, 7) is 5.94. The van der Waals surface area contributed by atoms with E-state index in [9.17, 15) is 9.59 Å². The van der Waals surface area contributed by atoms with E-state index in [-0.39, 0.29) is 29.9 Å². The molecule has 0 aromatic rings. The van der Waals surface area contributed by atoms with E-state index in [1.54, 1.807) is 0 Å². The minimum absolute atomic E-state index is 0.0191. The summed E-state index contributed by atoms with van der Waals surface area (Å²) in [5.74, 6) is 0.937. The Morgan fingerprint density at radius 1 is 1.30 bits per heavy atom. The minimum atomic E-state index is -0.452. The molecule has 1 aliphatic heterocycles. The fourth-order valence-electron chi connectivity index (χ4n) is 5.69. The van der Waals surface area contributed by atoms with Gasteiger partial charge in [0.15, 0.2) is 0 Å². The monoisotopic (exact) mass is 320 g/mol. The second kappa shape index (κ2) is 4.97. The first-order valence-electron chi connectivity index (χ1n) is 9.32. The zero-order valence-corrected chi connectivity index (χ0v) is 14.5. The molecule has 4 aliphatic rings. The van der Waals surface area contributed by atoms with Crippen LogP contribution in [0.25, 0.3) is 0 Å². The van der Waals surface area contributed by atoms with Crippen molar-refractivity contribution < 1.29 is 19.1 Å². The highest BCUT2D eigenvalue weighted by Crippen LogP contribution is 2.63. The summed E-state index contributed by atoms with van der Waals surface area (Å²) in [7, 11) is 0. The highest BCUT2D eigenvalue weighted by atomic mass is 16.6. The molecule has 4 fully saturated rings. The SMILES string of the molecule is CCC(C)(C)C(=O)OC1(C2C3CC4OC(=O)C2C4C3)CCCC1. The molecular formula is C19H28O4. The Morgan fingerprint density at radius 2 is 2.00 bits per heavy atom. The van der Waals surface area contributed by atoms with E-state index in [0.717, 1.165) is 44.9 Å². The maximum absolute atomic E-state index is 12.8. The number of esters is 2. The van der Waals surface area contributed by atoms with Crippen LogP contribution >= 0.6 is 0 Å². The van der Waals surface area contributed by atoms with Crippen molar-refractivity contribution in [3.8, 4) is 0 Å². The fraction of sp³-hybridized carbons (Fsp3) is 0.895. The fourth-order valence-corrected chi connectivity index (χ4v) is 5.69. The second-order valence-electron chi connectivity index (χ2n) is 8.82. The van der Waals surface area contributed by atoms with Crippen LogP contribution in [0.3, 0.4) is 0 Å². The molecule has 0 N–H and O–H groups in total. The summed E-state index contributed by atoms with van der Waals surface area (Å²) >= 11 is 0. The third kappa shape index (κ3) is 2.09. The number of carbonyl (C=O) groups is 2. The highest BCUT2D eigenvalue weighted by Gasteiger charge is 2.68. The van der Waals surface area contributed by atoms with Crippen molar-refractivity contribution in [2.45, 2.75) is 77.4 Å². The average molecular weight is 320 g/mol. The first kappa shape index (κ1) is 15.5. The van der Waals surface area contributed by atoms with Gasteiger partial charge in [-0.05, 0) is 64.7 Å². The van der Waals surface area contributed by atoms with E-state index < -0.39 is 11.0 Å². The highest BCUT2D eigenvalue weighted by molar-refractivity contribution is 5.78. The largest absolute Gasteiger partial charge is 0.462 e.